The molecule has 32 heavy (non-hydrogen) atoms. The molecular weight excluding hydrogens is 436 g/mol. The summed E-state index contributed by atoms with van der Waals surface area (Å²) in [5.41, 5.74) is 1.79. The third-order valence-corrected chi connectivity index (χ3v) is 5.07. The maximum atomic E-state index is 12.4. The molecule has 168 valence electrons. The highest BCUT2D eigenvalue weighted by Gasteiger charge is 2.21. The number of rotatable bonds is 8. The molecule has 1 aromatic heterocycles. The van der Waals surface area contributed by atoms with E-state index in [1.165, 1.54) is 19.5 Å². The Morgan fingerprint density at radius 3 is 2.88 bits per heavy atom. The van der Waals surface area contributed by atoms with Crippen LogP contribution in [0.4, 0.5) is 5.69 Å². The minimum absolute atomic E-state index is 0.0225. The number of carbonyl (C=O) groups is 2. The molecule has 1 fully saturated rings. The molecule has 2 amide bonds. The SMILES string of the molecule is COc1cc(CCNC(=O)[C@H]2CNCCO2)c(Cl)cc1NC(=O)Cc1cnc(C#N)cn1. The minimum Gasteiger partial charge on any atom is -0.495 e. The van der Waals surface area contributed by atoms with Crippen LogP contribution in [0.3, 0.4) is 0 Å². The van der Waals surface area contributed by atoms with Crippen LogP contribution in [-0.2, 0) is 27.2 Å². The Bertz CT molecular complexity index is 1000. The van der Waals surface area contributed by atoms with Gasteiger partial charge in [-0.05, 0) is 24.1 Å². The van der Waals surface area contributed by atoms with Crippen LogP contribution in [0, 0.1) is 11.3 Å². The first-order chi connectivity index (χ1) is 15.5. The number of anilines is 1. The van der Waals surface area contributed by atoms with Gasteiger partial charge >= 0.3 is 0 Å². The lowest BCUT2D eigenvalue weighted by Gasteiger charge is -2.22. The van der Waals surface area contributed by atoms with Crippen LogP contribution in [-0.4, -0.2) is 61.2 Å². The van der Waals surface area contributed by atoms with E-state index >= 15 is 0 Å². The summed E-state index contributed by atoms with van der Waals surface area (Å²) in [6.07, 6.45) is 2.66. The zero-order valence-corrected chi connectivity index (χ0v) is 18.2. The summed E-state index contributed by atoms with van der Waals surface area (Å²) in [4.78, 5) is 32.5. The molecule has 1 aliphatic heterocycles. The Kier molecular flexibility index (Phi) is 8.33. The molecule has 0 radical (unpaired) electrons. The summed E-state index contributed by atoms with van der Waals surface area (Å²) in [5.74, 6) is -0.0654. The summed E-state index contributed by atoms with van der Waals surface area (Å²) < 4.78 is 10.8. The molecule has 1 aliphatic rings. The van der Waals surface area contributed by atoms with Crippen molar-refractivity contribution in [1.29, 1.82) is 5.26 Å². The standard InChI is InChI=1S/C21H23ClN6O4/c1-31-18-6-13(2-3-25-21(30)19-12-24-4-5-32-19)16(22)8-17(18)28-20(29)7-14-10-27-15(9-23)11-26-14/h6,8,10-11,19,24H,2-5,7,12H2,1H3,(H,25,30)(H,28,29)/t19-/m1/s1. The quantitative estimate of drug-likeness (QED) is 0.529. The van der Waals surface area contributed by atoms with Gasteiger partial charge < -0.3 is 25.4 Å². The van der Waals surface area contributed by atoms with E-state index < -0.39 is 6.10 Å². The van der Waals surface area contributed by atoms with Gasteiger partial charge in [0.15, 0.2) is 5.69 Å². The molecule has 1 atom stereocenters. The number of carbonyl (C=O) groups excluding carboxylic acids is 2. The maximum Gasteiger partial charge on any atom is 0.250 e. The second-order valence-corrected chi connectivity index (χ2v) is 7.39. The summed E-state index contributed by atoms with van der Waals surface area (Å²) in [6.45, 7) is 2.11. The van der Waals surface area contributed by atoms with Crippen molar-refractivity contribution in [2.45, 2.75) is 18.9 Å². The summed E-state index contributed by atoms with van der Waals surface area (Å²) in [5, 5.41) is 17.9. The molecular formula is C21H23ClN6O4. The van der Waals surface area contributed by atoms with Crippen molar-refractivity contribution in [3.63, 3.8) is 0 Å². The van der Waals surface area contributed by atoms with Crippen LogP contribution in [0.15, 0.2) is 24.5 Å². The van der Waals surface area contributed by atoms with Gasteiger partial charge in [0.2, 0.25) is 11.8 Å². The van der Waals surface area contributed by atoms with Gasteiger partial charge in [-0.3, -0.25) is 14.6 Å². The fourth-order valence-corrected chi connectivity index (χ4v) is 3.34. The van der Waals surface area contributed by atoms with E-state index in [1.54, 1.807) is 12.1 Å². The van der Waals surface area contributed by atoms with Gasteiger partial charge in [-0.15, -0.1) is 0 Å². The molecule has 10 nitrogen and oxygen atoms in total. The van der Waals surface area contributed by atoms with E-state index in [2.05, 4.69) is 25.9 Å². The first-order valence-electron chi connectivity index (χ1n) is 9.97. The molecule has 1 aromatic carbocycles. The van der Waals surface area contributed by atoms with Crippen LogP contribution in [0.5, 0.6) is 5.75 Å². The predicted molar refractivity (Wildman–Crippen MR) is 116 cm³/mol. The van der Waals surface area contributed by atoms with Crippen LogP contribution in [0.25, 0.3) is 0 Å². The highest BCUT2D eigenvalue weighted by Crippen LogP contribution is 2.31. The number of nitriles is 1. The van der Waals surface area contributed by atoms with E-state index in [-0.39, 0.29) is 23.9 Å². The molecule has 11 heteroatoms. The topological polar surface area (TPSA) is 138 Å². The van der Waals surface area contributed by atoms with Gasteiger partial charge in [0, 0.05) is 24.7 Å². The number of nitrogens with zero attached hydrogens (tertiary/aromatic N) is 3. The molecule has 1 saturated heterocycles. The second kappa shape index (κ2) is 11.4. The number of methoxy groups -OCH3 is 1. The van der Waals surface area contributed by atoms with E-state index in [0.717, 1.165) is 12.1 Å². The number of ether oxygens (including phenoxy) is 2. The van der Waals surface area contributed by atoms with Gasteiger partial charge in [-0.25, -0.2) is 4.98 Å². The lowest BCUT2D eigenvalue weighted by Crippen LogP contribution is -2.48. The number of halogens is 1. The zero-order valence-electron chi connectivity index (χ0n) is 17.5. The average Bonchev–Trinajstić information content (AvgIpc) is 2.81. The molecule has 3 N–H and O–H groups in total. The van der Waals surface area contributed by atoms with Gasteiger partial charge in [0.1, 0.15) is 17.9 Å². The van der Waals surface area contributed by atoms with Crippen molar-refractivity contribution in [3.05, 3.63) is 46.5 Å². The van der Waals surface area contributed by atoms with Gasteiger partial charge in [0.05, 0.1) is 43.9 Å². The number of nitrogens with one attached hydrogen (secondary N) is 3. The highest BCUT2D eigenvalue weighted by atomic mass is 35.5. The first-order valence-corrected chi connectivity index (χ1v) is 10.3. The van der Waals surface area contributed by atoms with Gasteiger partial charge in [-0.1, -0.05) is 11.6 Å². The fraction of sp³-hybridized carbons (Fsp3) is 0.381. The van der Waals surface area contributed by atoms with E-state index in [0.29, 0.717) is 48.3 Å². The Morgan fingerprint density at radius 1 is 1.38 bits per heavy atom. The van der Waals surface area contributed by atoms with Crippen molar-refractivity contribution in [3.8, 4) is 11.8 Å². The molecule has 2 heterocycles. The number of morpholine rings is 1. The number of hydrogen-bond donors (Lipinski definition) is 3. The molecule has 0 spiro atoms. The minimum atomic E-state index is -0.493. The predicted octanol–water partition coefficient (Wildman–Crippen LogP) is 0.839. The Morgan fingerprint density at radius 2 is 2.22 bits per heavy atom. The number of hydrogen-bond acceptors (Lipinski definition) is 8. The van der Waals surface area contributed by atoms with Crippen molar-refractivity contribution < 1.29 is 19.1 Å². The maximum absolute atomic E-state index is 12.4. The molecule has 0 bridgehead atoms. The fourth-order valence-electron chi connectivity index (χ4n) is 3.08. The van der Waals surface area contributed by atoms with Crippen molar-refractivity contribution in [2.75, 3.05) is 38.7 Å². The van der Waals surface area contributed by atoms with Crippen LogP contribution < -0.4 is 20.7 Å². The molecule has 3 rings (SSSR count). The van der Waals surface area contributed by atoms with Crippen molar-refractivity contribution in [1.82, 2.24) is 20.6 Å². The smallest absolute Gasteiger partial charge is 0.250 e. The van der Waals surface area contributed by atoms with E-state index in [1.807, 2.05) is 6.07 Å². The summed E-state index contributed by atoms with van der Waals surface area (Å²) in [6, 6.07) is 5.21. The lowest BCUT2D eigenvalue weighted by atomic mass is 10.1. The van der Waals surface area contributed by atoms with E-state index in [4.69, 9.17) is 26.3 Å². The second-order valence-electron chi connectivity index (χ2n) is 6.98. The van der Waals surface area contributed by atoms with Crippen molar-refractivity contribution in [2.24, 2.45) is 0 Å². The van der Waals surface area contributed by atoms with E-state index in [9.17, 15) is 9.59 Å². The number of aromatic nitrogens is 2. The molecule has 2 aromatic rings. The monoisotopic (exact) mass is 458 g/mol. The largest absolute Gasteiger partial charge is 0.495 e. The van der Waals surface area contributed by atoms with Gasteiger partial charge in [-0.2, -0.15) is 5.26 Å². The first kappa shape index (κ1) is 23.4. The van der Waals surface area contributed by atoms with Crippen molar-refractivity contribution >= 4 is 29.1 Å². The third-order valence-electron chi connectivity index (χ3n) is 4.72. The van der Waals surface area contributed by atoms with Crippen LogP contribution in [0.1, 0.15) is 17.0 Å². The Balaban J connectivity index is 1.58. The third kappa shape index (κ3) is 6.37. The van der Waals surface area contributed by atoms with Crippen LogP contribution in [0.2, 0.25) is 5.02 Å². The van der Waals surface area contributed by atoms with Crippen LogP contribution >= 0.6 is 11.6 Å². The lowest BCUT2D eigenvalue weighted by molar-refractivity contribution is -0.134. The van der Waals surface area contributed by atoms with Gasteiger partial charge in [0.25, 0.3) is 0 Å². The molecule has 0 unspecified atom stereocenters. The zero-order chi connectivity index (χ0) is 22.9. The highest BCUT2D eigenvalue weighted by molar-refractivity contribution is 6.31. The molecule has 0 aliphatic carbocycles. The molecule has 0 saturated carbocycles. The average molecular weight is 459 g/mol. The Hall–Kier alpha value is -3.26. The summed E-state index contributed by atoms with van der Waals surface area (Å²) in [7, 11) is 1.49. The number of amides is 2. The number of benzene rings is 1. The Labute approximate surface area is 190 Å². The summed E-state index contributed by atoms with van der Waals surface area (Å²) >= 11 is 6.39. The normalized spacial score (nSPS) is 15.5.